The summed E-state index contributed by atoms with van der Waals surface area (Å²) in [5.41, 5.74) is 0. The first-order valence-corrected chi connectivity index (χ1v) is 10.7. The van der Waals surface area contributed by atoms with Crippen molar-refractivity contribution in [2.24, 2.45) is 0 Å². The largest absolute Gasteiger partial charge is 0.494 e. The highest BCUT2D eigenvalue weighted by molar-refractivity contribution is 7.90. The van der Waals surface area contributed by atoms with Crippen LogP contribution in [0, 0.1) is 0 Å². The van der Waals surface area contributed by atoms with Gasteiger partial charge in [-0.05, 0) is 57.6 Å². The van der Waals surface area contributed by atoms with Gasteiger partial charge in [0, 0.05) is 25.9 Å². The molecule has 0 amide bonds. The molecular formula is C18H30N2O3S. The molecule has 1 fully saturated rings. The van der Waals surface area contributed by atoms with Gasteiger partial charge in [0.2, 0.25) is 0 Å². The van der Waals surface area contributed by atoms with Gasteiger partial charge in [-0.1, -0.05) is 12.5 Å². The summed E-state index contributed by atoms with van der Waals surface area (Å²) in [7, 11) is -1.03. The van der Waals surface area contributed by atoms with Gasteiger partial charge in [-0.3, -0.25) is 0 Å². The fraction of sp³-hybridized carbons (Fsp3) is 0.667. The van der Waals surface area contributed by atoms with E-state index in [9.17, 15) is 8.42 Å². The van der Waals surface area contributed by atoms with Crippen LogP contribution in [-0.2, 0) is 9.84 Å². The minimum absolute atomic E-state index is 0.304. The quantitative estimate of drug-likeness (QED) is 0.637. The van der Waals surface area contributed by atoms with Crippen LogP contribution in [0.3, 0.4) is 0 Å². The van der Waals surface area contributed by atoms with Crippen LogP contribution in [0.5, 0.6) is 5.75 Å². The van der Waals surface area contributed by atoms with E-state index in [4.69, 9.17) is 4.74 Å². The van der Waals surface area contributed by atoms with Crippen LogP contribution < -0.4 is 4.74 Å². The minimum atomic E-state index is -3.18. The molecule has 0 N–H and O–H groups in total. The lowest BCUT2D eigenvalue weighted by atomic mass is 10.1. The van der Waals surface area contributed by atoms with Crippen molar-refractivity contribution in [1.82, 2.24) is 9.80 Å². The van der Waals surface area contributed by atoms with Crippen molar-refractivity contribution in [3.8, 4) is 5.75 Å². The Hall–Kier alpha value is -1.11. The highest BCUT2D eigenvalue weighted by Gasteiger charge is 2.10. The Morgan fingerprint density at radius 1 is 1.17 bits per heavy atom. The second kappa shape index (κ2) is 9.39. The molecule has 0 bridgehead atoms. The van der Waals surface area contributed by atoms with E-state index >= 15 is 0 Å². The molecule has 0 aromatic heterocycles. The summed E-state index contributed by atoms with van der Waals surface area (Å²) in [6.07, 6.45) is 6.20. The standard InChI is InChI=1S/C18H30N2O3S/c1-19(13-14-20-11-4-3-5-12-20)10-7-15-23-17-8-6-9-18(16-17)24(2,21)22/h6,8-9,16H,3-5,7,10-15H2,1-2H3. The Kier molecular flexibility index (Phi) is 7.52. The van der Waals surface area contributed by atoms with Gasteiger partial charge in [0.25, 0.3) is 0 Å². The van der Waals surface area contributed by atoms with Gasteiger partial charge in [0.05, 0.1) is 11.5 Å². The van der Waals surface area contributed by atoms with Gasteiger partial charge in [0.1, 0.15) is 5.75 Å². The number of piperidine rings is 1. The molecule has 1 heterocycles. The number of rotatable bonds is 9. The van der Waals surface area contributed by atoms with Gasteiger partial charge in [0.15, 0.2) is 9.84 Å². The summed E-state index contributed by atoms with van der Waals surface area (Å²) in [5, 5.41) is 0. The third-order valence-corrected chi connectivity index (χ3v) is 5.54. The van der Waals surface area contributed by atoms with Gasteiger partial charge in [-0.2, -0.15) is 0 Å². The van der Waals surface area contributed by atoms with Crippen molar-refractivity contribution in [3.63, 3.8) is 0 Å². The predicted octanol–water partition coefficient (Wildman–Crippen LogP) is 2.28. The van der Waals surface area contributed by atoms with Crippen LogP contribution in [0.1, 0.15) is 25.7 Å². The lowest BCUT2D eigenvalue weighted by molar-refractivity contribution is 0.190. The van der Waals surface area contributed by atoms with Gasteiger partial charge < -0.3 is 14.5 Å². The highest BCUT2D eigenvalue weighted by atomic mass is 32.2. The zero-order valence-corrected chi connectivity index (χ0v) is 15.7. The van der Waals surface area contributed by atoms with Gasteiger partial charge in [-0.15, -0.1) is 0 Å². The maximum absolute atomic E-state index is 11.5. The van der Waals surface area contributed by atoms with Crippen molar-refractivity contribution in [2.45, 2.75) is 30.6 Å². The summed E-state index contributed by atoms with van der Waals surface area (Å²) >= 11 is 0. The van der Waals surface area contributed by atoms with E-state index in [1.54, 1.807) is 24.3 Å². The zero-order chi connectivity index (χ0) is 17.4. The Morgan fingerprint density at radius 3 is 2.62 bits per heavy atom. The average Bonchev–Trinajstić information content (AvgIpc) is 2.57. The van der Waals surface area contributed by atoms with Crippen molar-refractivity contribution in [3.05, 3.63) is 24.3 Å². The van der Waals surface area contributed by atoms with Crippen LogP contribution in [0.4, 0.5) is 0 Å². The zero-order valence-electron chi connectivity index (χ0n) is 14.9. The van der Waals surface area contributed by atoms with Gasteiger partial charge in [-0.25, -0.2) is 8.42 Å². The molecule has 0 spiro atoms. The molecule has 2 rings (SSSR count). The molecule has 0 radical (unpaired) electrons. The number of sulfone groups is 1. The first-order chi connectivity index (χ1) is 11.4. The molecule has 5 nitrogen and oxygen atoms in total. The monoisotopic (exact) mass is 354 g/mol. The highest BCUT2D eigenvalue weighted by Crippen LogP contribution is 2.17. The van der Waals surface area contributed by atoms with Crippen molar-refractivity contribution in [1.29, 1.82) is 0 Å². The molecule has 0 saturated carbocycles. The van der Waals surface area contributed by atoms with E-state index in [0.717, 1.165) is 26.1 Å². The maximum Gasteiger partial charge on any atom is 0.175 e. The molecule has 136 valence electrons. The van der Waals surface area contributed by atoms with E-state index in [1.165, 1.54) is 38.6 Å². The van der Waals surface area contributed by atoms with Crippen molar-refractivity contribution >= 4 is 9.84 Å². The molecular weight excluding hydrogens is 324 g/mol. The Balaban J connectivity index is 1.63. The molecule has 0 unspecified atom stereocenters. The third-order valence-electron chi connectivity index (χ3n) is 4.43. The van der Waals surface area contributed by atoms with Crippen LogP contribution in [-0.4, -0.2) is 70.9 Å². The van der Waals surface area contributed by atoms with Crippen LogP contribution in [0.15, 0.2) is 29.2 Å². The number of hydrogen-bond donors (Lipinski definition) is 0. The molecule has 1 aliphatic rings. The topological polar surface area (TPSA) is 49.9 Å². The Morgan fingerprint density at radius 2 is 1.92 bits per heavy atom. The summed E-state index contributed by atoms with van der Waals surface area (Å²) in [6, 6.07) is 6.71. The summed E-state index contributed by atoms with van der Waals surface area (Å²) in [5.74, 6) is 0.619. The summed E-state index contributed by atoms with van der Waals surface area (Å²) in [6.45, 7) is 6.31. The SMILES string of the molecule is CN(CCCOc1cccc(S(C)(=O)=O)c1)CCN1CCCCC1. The predicted molar refractivity (Wildman–Crippen MR) is 97.5 cm³/mol. The number of likely N-dealkylation sites (tertiary alicyclic amines) is 1. The second-order valence-electron chi connectivity index (χ2n) is 6.65. The van der Waals surface area contributed by atoms with Crippen molar-refractivity contribution in [2.75, 3.05) is 52.6 Å². The number of nitrogens with zero attached hydrogens (tertiary/aromatic N) is 2. The Bertz CT molecular complexity index is 598. The lowest BCUT2D eigenvalue weighted by Gasteiger charge is -2.28. The van der Waals surface area contributed by atoms with E-state index in [1.807, 2.05) is 0 Å². The smallest absolute Gasteiger partial charge is 0.175 e. The first kappa shape index (κ1) is 19.2. The summed E-state index contributed by atoms with van der Waals surface area (Å²) < 4.78 is 28.8. The first-order valence-electron chi connectivity index (χ1n) is 8.79. The normalized spacial score (nSPS) is 16.5. The molecule has 1 aromatic carbocycles. The van der Waals surface area contributed by atoms with Gasteiger partial charge >= 0.3 is 0 Å². The van der Waals surface area contributed by atoms with E-state index in [2.05, 4.69) is 16.8 Å². The number of hydrogen-bond acceptors (Lipinski definition) is 5. The molecule has 0 aliphatic carbocycles. The van der Waals surface area contributed by atoms with Crippen LogP contribution in [0.25, 0.3) is 0 Å². The van der Waals surface area contributed by atoms with Crippen LogP contribution in [0.2, 0.25) is 0 Å². The molecule has 6 heteroatoms. The fourth-order valence-corrected chi connectivity index (χ4v) is 3.58. The second-order valence-corrected chi connectivity index (χ2v) is 8.67. The number of benzene rings is 1. The molecule has 0 atom stereocenters. The fourth-order valence-electron chi connectivity index (χ4n) is 2.93. The maximum atomic E-state index is 11.5. The van der Waals surface area contributed by atoms with E-state index < -0.39 is 9.84 Å². The molecule has 24 heavy (non-hydrogen) atoms. The Labute approximate surface area is 146 Å². The van der Waals surface area contributed by atoms with E-state index in [-0.39, 0.29) is 0 Å². The summed E-state index contributed by atoms with van der Waals surface area (Å²) in [4.78, 5) is 5.19. The molecule has 1 saturated heterocycles. The van der Waals surface area contributed by atoms with Crippen molar-refractivity contribution < 1.29 is 13.2 Å². The average molecular weight is 355 g/mol. The van der Waals surface area contributed by atoms with Crippen LogP contribution >= 0.6 is 0 Å². The number of ether oxygens (including phenoxy) is 1. The van der Waals surface area contributed by atoms with E-state index in [0.29, 0.717) is 17.3 Å². The molecule has 1 aromatic rings. The molecule has 1 aliphatic heterocycles. The third kappa shape index (κ3) is 6.79. The number of likely N-dealkylation sites (N-methyl/N-ethyl adjacent to an activating group) is 1. The lowest BCUT2D eigenvalue weighted by Crippen LogP contribution is -2.37. The minimum Gasteiger partial charge on any atom is -0.494 e.